The zero-order valence-electron chi connectivity index (χ0n) is 18.4. The minimum absolute atomic E-state index is 0.0833. The van der Waals surface area contributed by atoms with Gasteiger partial charge >= 0.3 is 0 Å². The van der Waals surface area contributed by atoms with E-state index in [0.717, 1.165) is 51.5 Å². The molecule has 7 heteroatoms. The van der Waals surface area contributed by atoms with Crippen molar-refractivity contribution in [3.05, 3.63) is 35.9 Å². The van der Waals surface area contributed by atoms with Crippen LogP contribution in [0.3, 0.4) is 0 Å². The van der Waals surface area contributed by atoms with Crippen molar-refractivity contribution < 1.29 is 4.79 Å². The second-order valence-corrected chi connectivity index (χ2v) is 7.84. The number of nitrogens with zero attached hydrogens (tertiary/aromatic N) is 3. The molecular formula is C22H38N6O. The third-order valence-corrected chi connectivity index (χ3v) is 5.46. The topological polar surface area (TPSA) is 72.0 Å². The number of carbonyl (C=O) groups is 1. The second kappa shape index (κ2) is 12.4. The van der Waals surface area contributed by atoms with E-state index in [9.17, 15) is 4.79 Å². The van der Waals surface area contributed by atoms with Gasteiger partial charge in [0.2, 0.25) is 5.91 Å². The van der Waals surface area contributed by atoms with E-state index in [2.05, 4.69) is 77.0 Å². The predicted octanol–water partition coefficient (Wildman–Crippen LogP) is 1.27. The number of amides is 1. The van der Waals surface area contributed by atoms with Crippen molar-refractivity contribution in [1.82, 2.24) is 25.8 Å². The summed E-state index contributed by atoms with van der Waals surface area (Å²) in [4.78, 5) is 20.9. The van der Waals surface area contributed by atoms with Crippen LogP contribution in [0.1, 0.15) is 32.3 Å². The molecule has 2 rings (SSSR count). The maximum absolute atomic E-state index is 11.5. The summed E-state index contributed by atoms with van der Waals surface area (Å²) in [5.74, 6) is 0.970. The summed E-state index contributed by atoms with van der Waals surface area (Å²) in [5.41, 5.74) is 1.32. The highest BCUT2D eigenvalue weighted by atomic mass is 16.1. The highest BCUT2D eigenvalue weighted by Gasteiger charge is 2.21. The molecular weight excluding hydrogens is 364 g/mol. The Balaban J connectivity index is 1.80. The minimum atomic E-state index is 0.0833. The quantitative estimate of drug-likeness (QED) is 0.429. The number of aliphatic imine (C=N–C) groups is 1. The number of rotatable bonds is 9. The van der Waals surface area contributed by atoms with Gasteiger partial charge in [0.1, 0.15) is 0 Å². The number of likely N-dealkylation sites (tertiary alicyclic amines) is 1. The molecule has 29 heavy (non-hydrogen) atoms. The first-order chi connectivity index (χ1) is 14.0. The van der Waals surface area contributed by atoms with Crippen LogP contribution >= 0.6 is 0 Å². The third-order valence-electron chi connectivity index (χ3n) is 5.46. The van der Waals surface area contributed by atoms with E-state index in [1.807, 2.05) is 0 Å². The van der Waals surface area contributed by atoms with E-state index in [1.165, 1.54) is 5.56 Å². The summed E-state index contributed by atoms with van der Waals surface area (Å²) < 4.78 is 0. The molecule has 1 heterocycles. The molecule has 3 N–H and O–H groups in total. The van der Waals surface area contributed by atoms with Gasteiger partial charge in [-0.05, 0) is 39.3 Å². The molecule has 1 aromatic rings. The van der Waals surface area contributed by atoms with E-state index >= 15 is 0 Å². The molecule has 1 amide bonds. The summed E-state index contributed by atoms with van der Waals surface area (Å²) in [6, 6.07) is 11.3. The highest BCUT2D eigenvalue weighted by molar-refractivity contribution is 5.80. The molecule has 0 saturated carbocycles. The fraction of sp³-hybridized carbons (Fsp3) is 0.636. The van der Waals surface area contributed by atoms with Gasteiger partial charge in [-0.2, -0.15) is 0 Å². The van der Waals surface area contributed by atoms with Gasteiger partial charge in [0, 0.05) is 45.3 Å². The Hall–Kier alpha value is -2.12. The minimum Gasteiger partial charge on any atom is -0.358 e. The number of hydrogen-bond acceptors (Lipinski definition) is 4. The SMILES string of the molecule is CCNC(=NCC(C)N(C)Cc1ccccc1)NC1CCN(CC(=O)NC)CC1. The maximum atomic E-state index is 11.5. The summed E-state index contributed by atoms with van der Waals surface area (Å²) in [5, 5.41) is 9.65. The van der Waals surface area contributed by atoms with E-state index in [-0.39, 0.29) is 5.91 Å². The summed E-state index contributed by atoms with van der Waals surface area (Å²) >= 11 is 0. The Bertz CT molecular complexity index is 627. The van der Waals surface area contributed by atoms with Crippen molar-refractivity contribution in [2.45, 2.75) is 45.3 Å². The number of likely N-dealkylation sites (N-methyl/N-ethyl adjacent to an activating group) is 2. The number of nitrogens with one attached hydrogen (secondary N) is 3. The Morgan fingerprint density at radius 3 is 2.59 bits per heavy atom. The first-order valence-corrected chi connectivity index (χ1v) is 10.7. The first-order valence-electron chi connectivity index (χ1n) is 10.7. The molecule has 0 bridgehead atoms. The third kappa shape index (κ3) is 8.41. The molecule has 0 aliphatic carbocycles. The summed E-state index contributed by atoms with van der Waals surface area (Å²) in [6.07, 6.45) is 2.04. The molecule has 0 spiro atoms. The van der Waals surface area contributed by atoms with Gasteiger partial charge in [0.05, 0.1) is 13.1 Å². The van der Waals surface area contributed by atoms with Gasteiger partial charge in [0.15, 0.2) is 5.96 Å². The van der Waals surface area contributed by atoms with Gasteiger partial charge in [-0.25, -0.2) is 0 Å². The van der Waals surface area contributed by atoms with Gasteiger partial charge in [0.25, 0.3) is 0 Å². The molecule has 1 aliphatic rings. The number of piperidine rings is 1. The lowest BCUT2D eigenvalue weighted by Gasteiger charge is -2.32. The zero-order valence-corrected chi connectivity index (χ0v) is 18.4. The van der Waals surface area contributed by atoms with Crippen molar-refractivity contribution >= 4 is 11.9 Å². The van der Waals surface area contributed by atoms with Crippen molar-refractivity contribution in [3.8, 4) is 0 Å². The summed E-state index contributed by atoms with van der Waals surface area (Å²) in [7, 11) is 3.84. The molecule has 0 radical (unpaired) electrons. The lowest BCUT2D eigenvalue weighted by molar-refractivity contribution is -0.122. The van der Waals surface area contributed by atoms with Crippen LogP contribution in [-0.4, -0.2) is 80.6 Å². The number of benzene rings is 1. The maximum Gasteiger partial charge on any atom is 0.233 e. The van der Waals surface area contributed by atoms with Crippen LogP contribution in [0, 0.1) is 0 Å². The van der Waals surface area contributed by atoms with Crippen LogP contribution in [0.4, 0.5) is 0 Å². The lowest BCUT2D eigenvalue weighted by Crippen LogP contribution is -2.50. The fourth-order valence-corrected chi connectivity index (χ4v) is 3.42. The van der Waals surface area contributed by atoms with Crippen LogP contribution in [-0.2, 0) is 11.3 Å². The molecule has 0 aromatic heterocycles. The Morgan fingerprint density at radius 1 is 1.28 bits per heavy atom. The van der Waals surface area contributed by atoms with Gasteiger partial charge < -0.3 is 16.0 Å². The van der Waals surface area contributed by atoms with E-state index in [0.29, 0.717) is 18.6 Å². The van der Waals surface area contributed by atoms with Crippen LogP contribution in [0.25, 0.3) is 0 Å². The van der Waals surface area contributed by atoms with E-state index in [1.54, 1.807) is 7.05 Å². The zero-order chi connectivity index (χ0) is 21.1. The van der Waals surface area contributed by atoms with E-state index in [4.69, 9.17) is 4.99 Å². The van der Waals surface area contributed by atoms with Crippen LogP contribution < -0.4 is 16.0 Å². The molecule has 1 saturated heterocycles. The standard InChI is InChI=1S/C22H38N6O/c1-5-24-22(26-20-11-13-28(14-12-20)17-21(29)23-3)25-15-18(2)27(4)16-19-9-7-6-8-10-19/h6-10,18,20H,5,11-17H2,1-4H3,(H,23,29)(H2,24,25,26). The van der Waals surface area contributed by atoms with Crippen LogP contribution in [0.5, 0.6) is 0 Å². The molecule has 1 aliphatic heterocycles. The van der Waals surface area contributed by atoms with Crippen molar-refractivity contribution in [2.75, 3.05) is 46.8 Å². The molecule has 1 aromatic carbocycles. The number of carbonyl (C=O) groups excluding carboxylic acids is 1. The van der Waals surface area contributed by atoms with Crippen molar-refractivity contribution in [2.24, 2.45) is 4.99 Å². The molecule has 7 nitrogen and oxygen atoms in total. The largest absolute Gasteiger partial charge is 0.358 e. The van der Waals surface area contributed by atoms with Gasteiger partial charge in [-0.3, -0.25) is 19.6 Å². The monoisotopic (exact) mass is 402 g/mol. The fourth-order valence-electron chi connectivity index (χ4n) is 3.42. The average Bonchev–Trinajstić information content (AvgIpc) is 2.73. The van der Waals surface area contributed by atoms with Crippen LogP contribution in [0.2, 0.25) is 0 Å². The van der Waals surface area contributed by atoms with Crippen molar-refractivity contribution in [3.63, 3.8) is 0 Å². The molecule has 1 atom stereocenters. The summed E-state index contributed by atoms with van der Waals surface area (Å²) in [6.45, 7) is 9.17. The number of guanidine groups is 1. The normalized spacial score (nSPS) is 17.2. The first kappa shape index (κ1) is 23.2. The van der Waals surface area contributed by atoms with E-state index < -0.39 is 0 Å². The van der Waals surface area contributed by atoms with Crippen molar-refractivity contribution in [1.29, 1.82) is 0 Å². The number of hydrogen-bond donors (Lipinski definition) is 3. The Labute approximate surface area is 175 Å². The van der Waals surface area contributed by atoms with Gasteiger partial charge in [-0.15, -0.1) is 0 Å². The highest BCUT2D eigenvalue weighted by Crippen LogP contribution is 2.10. The smallest absolute Gasteiger partial charge is 0.233 e. The lowest BCUT2D eigenvalue weighted by atomic mass is 10.1. The predicted molar refractivity (Wildman–Crippen MR) is 120 cm³/mol. The average molecular weight is 403 g/mol. The Morgan fingerprint density at radius 2 is 1.97 bits per heavy atom. The van der Waals surface area contributed by atoms with Gasteiger partial charge in [-0.1, -0.05) is 30.3 Å². The molecule has 1 fully saturated rings. The van der Waals surface area contributed by atoms with Crippen LogP contribution in [0.15, 0.2) is 35.3 Å². The second-order valence-electron chi connectivity index (χ2n) is 7.84. The molecule has 1 unspecified atom stereocenters. The Kier molecular flexibility index (Phi) is 9.94. The molecule has 162 valence electrons.